The Morgan fingerprint density at radius 1 is 1.33 bits per heavy atom. The Bertz CT molecular complexity index is 457. The van der Waals surface area contributed by atoms with Crippen LogP contribution in [0.5, 0.6) is 5.88 Å². The van der Waals surface area contributed by atoms with Crippen LogP contribution in [0.15, 0.2) is 18.2 Å². The summed E-state index contributed by atoms with van der Waals surface area (Å²) in [4.78, 5) is 16.1. The van der Waals surface area contributed by atoms with Crippen LogP contribution in [0.4, 0.5) is 0 Å². The van der Waals surface area contributed by atoms with Gasteiger partial charge in [0.25, 0.3) is 0 Å². The lowest BCUT2D eigenvalue weighted by Crippen LogP contribution is -2.35. The minimum Gasteiger partial charge on any atom is -0.481 e. The van der Waals surface area contributed by atoms with Gasteiger partial charge in [0.2, 0.25) is 5.88 Å². The number of ether oxygens (including phenoxy) is 2. The number of aromatic nitrogens is 1. The van der Waals surface area contributed by atoms with Gasteiger partial charge in [0.1, 0.15) is 0 Å². The van der Waals surface area contributed by atoms with Crippen LogP contribution in [-0.4, -0.2) is 30.7 Å². The summed E-state index contributed by atoms with van der Waals surface area (Å²) in [6.45, 7) is 3.05. The Balaban J connectivity index is 1.74. The highest BCUT2D eigenvalue weighted by Crippen LogP contribution is 2.25. The molecule has 2 rings (SSSR count). The lowest BCUT2D eigenvalue weighted by Gasteiger charge is -2.27. The number of carbonyl (C=O) groups is 1. The molecular formula is C16H24N2O3. The fourth-order valence-electron chi connectivity index (χ4n) is 2.71. The second kappa shape index (κ2) is 7.98. The monoisotopic (exact) mass is 292 g/mol. The number of nitrogens with zero attached hydrogens (tertiary/aromatic N) is 1. The third kappa shape index (κ3) is 4.70. The van der Waals surface area contributed by atoms with Gasteiger partial charge in [-0.1, -0.05) is 6.07 Å². The minimum atomic E-state index is -0.0367. The van der Waals surface area contributed by atoms with Gasteiger partial charge in [-0.2, -0.15) is 0 Å². The molecule has 0 radical (unpaired) electrons. The maximum absolute atomic E-state index is 11.7. The van der Waals surface area contributed by atoms with Crippen molar-refractivity contribution in [2.24, 2.45) is 5.92 Å². The molecule has 5 heteroatoms. The number of carbonyl (C=O) groups excluding carboxylic acids is 1. The van der Waals surface area contributed by atoms with Crippen molar-refractivity contribution in [3.8, 4) is 5.88 Å². The lowest BCUT2D eigenvalue weighted by atomic mass is 9.86. The number of pyridine rings is 1. The molecule has 1 aromatic heterocycles. The van der Waals surface area contributed by atoms with E-state index in [9.17, 15) is 4.79 Å². The Morgan fingerprint density at radius 2 is 2.10 bits per heavy atom. The van der Waals surface area contributed by atoms with E-state index in [2.05, 4.69) is 10.3 Å². The average Bonchev–Trinajstić information content (AvgIpc) is 2.54. The molecule has 0 bridgehead atoms. The smallest absolute Gasteiger partial charge is 0.308 e. The van der Waals surface area contributed by atoms with E-state index < -0.39 is 0 Å². The highest BCUT2D eigenvalue weighted by Gasteiger charge is 2.26. The standard InChI is InChI=1S/C16H24N2O3/c1-3-21-16(19)12-7-9-13(10-8-12)17-11-14-5-4-6-15(18-14)20-2/h4-6,12-13,17H,3,7-11H2,1-2H3. The number of nitrogens with one attached hydrogen (secondary N) is 1. The van der Waals surface area contributed by atoms with Gasteiger partial charge >= 0.3 is 5.97 Å². The number of hydrogen-bond donors (Lipinski definition) is 1. The highest BCUT2D eigenvalue weighted by molar-refractivity contribution is 5.72. The molecule has 1 heterocycles. The van der Waals surface area contributed by atoms with E-state index in [0.717, 1.165) is 37.9 Å². The van der Waals surface area contributed by atoms with E-state index in [1.807, 2.05) is 25.1 Å². The van der Waals surface area contributed by atoms with Crippen LogP contribution in [0, 0.1) is 5.92 Å². The SMILES string of the molecule is CCOC(=O)C1CCC(NCc2cccc(OC)n2)CC1. The molecule has 1 aromatic rings. The van der Waals surface area contributed by atoms with Gasteiger partial charge in [0.15, 0.2) is 0 Å². The number of esters is 1. The third-order valence-corrected chi connectivity index (χ3v) is 3.91. The molecule has 116 valence electrons. The van der Waals surface area contributed by atoms with Crippen LogP contribution in [0.25, 0.3) is 0 Å². The molecule has 21 heavy (non-hydrogen) atoms. The summed E-state index contributed by atoms with van der Waals surface area (Å²) in [7, 11) is 1.62. The van der Waals surface area contributed by atoms with Crippen molar-refractivity contribution in [2.45, 2.75) is 45.2 Å². The van der Waals surface area contributed by atoms with Gasteiger partial charge < -0.3 is 14.8 Å². The molecule has 0 atom stereocenters. The Hall–Kier alpha value is -1.62. The van der Waals surface area contributed by atoms with Crippen LogP contribution in [-0.2, 0) is 16.1 Å². The van der Waals surface area contributed by atoms with E-state index in [4.69, 9.17) is 9.47 Å². The third-order valence-electron chi connectivity index (χ3n) is 3.91. The minimum absolute atomic E-state index is 0.0367. The van der Waals surface area contributed by atoms with Gasteiger partial charge in [-0.15, -0.1) is 0 Å². The molecule has 1 aliphatic rings. The average molecular weight is 292 g/mol. The molecule has 5 nitrogen and oxygen atoms in total. The van der Waals surface area contributed by atoms with Crippen LogP contribution in [0.3, 0.4) is 0 Å². The summed E-state index contributed by atoms with van der Waals surface area (Å²) in [6.07, 6.45) is 3.82. The van der Waals surface area contributed by atoms with Crippen LogP contribution >= 0.6 is 0 Å². The van der Waals surface area contributed by atoms with E-state index in [1.165, 1.54) is 0 Å². The molecule has 1 aliphatic carbocycles. The summed E-state index contributed by atoms with van der Waals surface area (Å²) in [5.74, 6) is 0.684. The van der Waals surface area contributed by atoms with Crippen molar-refractivity contribution in [3.05, 3.63) is 23.9 Å². The molecule has 1 fully saturated rings. The first-order chi connectivity index (χ1) is 10.2. The molecule has 0 aromatic carbocycles. The van der Waals surface area contributed by atoms with E-state index >= 15 is 0 Å². The Labute approximate surface area is 126 Å². The normalized spacial score (nSPS) is 21.8. The van der Waals surface area contributed by atoms with Crippen molar-refractivity contribution >= 4 is 5.97 Å². The topological polar surface area (TPSA) is 60.5 Å². The first-order valence-corrected chi connectivity index (χ1v) is 7.63. The van der Waals surface area contributed by atoms with Gasteiger partial charge in [-0.3, -0.25) is 4.79 Å². The molecule has 0 aliphatic heterocycles. The van der Waals surface area contributed by atoms with Gasteiger partial charge in [-0.25, -0.2) is 4.98 Å². The lowest BCUT2D eigenvalue weighted by molar-refractivity contribution is -0.149. The number of hydrogen-bond acceptors (Lipinski definition) is 5. The van der Waals surface area contributed by atoms with Crippen molar-refractivity contribution < 1.29 is 14.3 Å². The van der Waals surface area contributed by atoms with E-state index in [-0.39, 0.29) is 11.9 Å². The van der Waals surface area contributed by atoms with Crippen molar-refractivity contribution in [1.29, 1.82) is 0 Å². The molecular weight excluding hydrogens is 268 g/mol. The number of methoxy groups -OCH3 is 1. The van der Waals surface area contributed by atoms with Crippen LogP contribution in [0.1, 0.15) is 38.3 Å². The van der Waals surface area contributed by atoms with Gasteiger partial charge in [0.05, 0.1) is 25.3 Å². The predicted octanol–water partition coefficient (Wildman–Crippen LogP) is 2.30. The summed E-state index contributed by atoms with van der Waals surface area (Å²) in [5.41, 5.74) is 0.974. The van der Waals surface area contributed by atoms with Crippen molar-refractivity contribution in [2.75, 3.05) is 13.7 Å². The van der Waals surface area contributed by atoms with Crippen molar-refractivity contribution in [3.63, 3.8) is 0 Å². The second-order valence-corrected chi connectivity index (χ2v) is 5.35. The fraction of sp³-hybridized carbons (Fsp3) is 0.625. The number of rotatable bonds is 6. The molecule has 0 saturated heterocycles. The van der Waals surface area contributed by atoms with E-state index in [0.29, 0.717) is 18.5 Å². The van der Waals surface area contributed by atoms with Gasteiger partial charge in [0, 0.05) is 18.7 Å². The van der Waals surface area contributed by atoms with Gasteiger partial charge in [-0.05, 0) is 38.7 Å². The molecule has 1 saturated carbocycles. The zero-order valence-corrected chi connectivity index (χ0v) is 12.8. The van der Waals surface area contributed by atoms with Crippen LogP contribution < -0.4 is 10.1 Å². The first-order valence-electron chi connectivity index (χ1n) is 7.63. The fourth-order valence-corrected chi connectivity index (χ4v) is 2.71. The van der Waals surface area contributed by atoms with E-state index in [1.54, 1.807) is 7.11 Å². The Kier molecular flexibility index (Phi) is 5.99. The molecule has 1 N–H and O–H groups in total. The summed E-state index contributed by atoms with van der Waals surface area (Å²) >= 11 is 0. The van der Waals surface area contributed by atoms with Crippen LogP contribution in [0.2, 0.25) is 0 Å². The summed E-state index contributed by atoms with van der Waals surface area (Å²) in [5, 5.41) is 3.51. The quantitative estimate of drug-likeness (QED) is 0.815. The maximum Gasteiger partial charge on any atom is 0.308 e. The molecule has 0 spiro atoms. The largest absolute Gasteiger partial charge is 0.481 e. The zero-order chi connectivity index (χ0) is 15.1. The molecule has 0 unspecified atom stereocenters. The second-order valence-electron chi connectivity index (χ2n) is 5.35. The molecule has 0 amide bonds. The summed E-state index contributed by atoms with van der Waals surface area (Å²) in [6, 6.07) is 6.22. The van der Waals surface area contributed by atoms with Crippen molar-refractivity contribution in [1.82, 2.24) is 10.3 Å². The summed E-state index contributed by atoms with van der Waals surface area (Å²) < 4.78 is 10.2. The zero-order valence-electron chi connectivity index (χ0n) is 12.8. The predicted molar refractivity (Wildman–Crippen MR) is 80.0 cm³/mol. The highest BCUT2D eigenvalue weighted by atomic mass is 16.5. The first kappa shape index (κ1) is 15.8. The maximum atomic E-state index is 11.7. The Morgan fingerprint density at radius 3 is 2.76 bits per heavy atom.